The van der Waals surface area contributed by atoms with E-state index in [4.69, 9.17) is 4.42 Å². The van der Waals surface area contributed by atoms with E-state index in [1.54, 1.807) is 12.1 Å². The second kappa shape index (κ2) is 4.04. The zero-order chi connectivity index (χ0) is 11.8. The molecule has 0 fully saturated rings. The van der Waals surface area contributed by atoms with Crippen molar-refractivity contribution in [2.24, 2.45) is 0 Å². The Hall–Kier alpha value is -1.55. The van der Waals surface area contributed by atoms with Crippen LogP contribution < -0.4 is 0 Å². The van der Waals surface area contributed by atoms with Crippen LogP contribution in [0.25, 0.3) is 10.9 Å². The summed E-state index contributed by atoms with van der Waals surface area (Å²) in [6, 6.07) is 10.6. The Bertz CT molecular complexity index is 671. The minimum atomic E-state index is -0.193. The van der Waals surface area contributed by atoms with E-state index in [2.05, 4.69) is 15.9 Å². The normalized spacial score (nSPS) is 11.2. The fourth-order valence-corrected chi connectivity index (χ4v) is 2.27. The molecule has 0 radical (unpaired) electrons. The molecule has 17 heavy (non-hydrogen) atoms. The molecule has 0 saturated heterocycles. The Balaban J connectivity index is 2.04. The van der Waals surface area contributed by atoms with E-state index in [9.17, 15) is 4.39 Å². The number of benzene rings is 1. The molecule has 2 nitrogen and oxygen atoms in total. The van der Waals surface area contributed by atoms with E-state index in [1.165, 1.54) is 6.07 Å². The molecule has 1 aromatic carbocycles. The van der Waals surface area contributed by atoms with Crippen LogP contribution >= 0.6 is 15.9 Å². The fraction of sp³-hybridized carbons (Fsp3) is 0.0769. The Kier molecular flexibility index (Phi) is 2.52. The van der Waals surface area contributed by atoms with E-state index < -0.39 is 0 Å². The van der Waals surface area contributed by atoms with Gasteiger partial charge in [0.15, 0.2) is 4.67 Å². The van der Waals surface area contributed by atoms with Crippen LogP contribution in [0.15, 0.2) is 51.7 Å². The summed E-state index contributed by atoms with van der Waals surface area (Å²) in [6.07, 6.45) is 1.87. The van der Waals surface area contributed by atoms with Gasteiger partial charge < -0.3 is 8.98 Å². The lowest BCUT2D eigenvalue weighted by Gasteiger charge is -2.02. The van der Waals surface area contributed by atoms with Crippen molar-refractivity contribution in [3.63, 3.8) is 0 Å². The fourth-order valence-electron chi connectivity index (χ4n) is 1.93. The third-order valence-corrected chi connectivity index (χ3v) is 3.14. The summed E-state index contributed by atoms with van der Waals surface area (Å²) in [4.78, 5) is 0. The first kappa shape index (κ1) is 10.6. The van der Waals surface area contributed by atoms with E-state index in [-0.39, 0.29) is 5.82 Å². The molecule has 0 aliphatic carbocycles. The summed E-state index contributed by atoms with van der Waals surface area (Å²) in [5, 5.41) is 0.637. The Labute approximate surface area is 106 Å². The van der Waals surface area contributed by atoms with Crippen LogP contribution in [-0.2, 0) is 6.54 Å². The molecular weight excluding hydrogens is 285 g/mol. The molecular formula is C13H9BrFNO. The number of hydrogen-bond acceptors (Lipinski definition) is 1. The van der Waals surface area contributed by atoms with Crippen molar-refractivity contribution in [3.8, 4) is 0 Å². The minimum Gasteiger partial charge on any atom is -0.452 e. The van der Waals surface area contributed by atoms with Gasteiger partial charge in [0.25, 0.3) is 0 Å². The number of nitrogens with zero attached hydrogens (tertiary/aromatic N) is 1. The average Bonchev–Trinajstić information content (AvgIpc) is 2.88. The van der Waals surface area contributed by atoms with Gasteiger partial charge in [-0.2, -0.15) is 0 Å². The van der Waals surface area contributed by atoms with Crippen molar-refractivity contribution in [2.45, 2.75) is 6.54 Å². The minimum absolute atomic E-state index is 0.193. The second-order valence-corrected chi connectivity index (χ2v) is 4.60. The maximum Gasteiger partial charge on any atom is 0.169 e. The molecule has 0 bridgehead atoms. The van der Waals surface area contributed by atoms with Gasteiger partial charge in [-0.05, 0) is 46.3 Å². The van der Waals surface area contributed by atoms with Gasteiger partial charge in [-0.25, -0.2) is 4.39 Å². The number of rotatable bonds is 2. The molecule has 86 valence electrons. The first-order valence-electron chi connectivity index (χ1n) is 5.21. The molecule has 0 unspecified atom stereocenters. The van der Waals surface area contributed by atoms with Gasteiger partial charge in [-0.3, -0.25) is 0 Å². The van der Waals surface area contributed by atoms with Crippen LogP contribution in [0.4, 0.5) is 4.39 Å². The monoisotopic (exact) mass is 293 g/mol. The Morgan fingerprint density at radius 3 is 2.82 bits per heavy atom. The third-order valence-electron chi connectivity index (χ3n) is 2.72. The first-order valence-corrected chi connectivity index (χ1v) is 6.01. The number of aromatic nitrogens is 1. The molecule has 0 saturated carbocycles. The van der Waals surface area contributed by atoms with Crippen LogP contribution in [0.2, 0.25) is 0 Å². The van der Waals surface area contributed by atoms with Crippen molar-refractivity contribution in [1.29, 1.82) is 0 Å². The summed E-state index contributed by atoms with van der Waals surface area (Å²) in [5.74, 6) is 0.639. The van der Waals surface area contributed by atoms with Crippen LogP contribution in [-0.4, -0.2) is 4.57 Å². The summed E-state index contributed by atoms with van der Waals surface area (Å²) in [7, 11) is 0. The number of hydrogen-bond donors (Lipinski definition) is 0. The molecule has 0 atom stereocenters. The molecule has 2 heterocycles. The van der Waals surface area contributed by atoms with Gasteiger partial charge in [0.2, 0.25) is 0 Å². The van der Waals surface area contributed by atoms with Crippen molar-refractivity contribution >= 4 is 26.8 Å². The van der Waals surface area contributed by atoms with Crippen molar-refractivity contribution in [3.05, 3.63) is 58.8 Å². The van der Waals surface area contributed by atoms with Crippen LogP contribution in [0.1, 0.15) is 5.76 Å². The SMILES string of the molecule is Fc1cccc2c1ccn2Cc1ccc(Br)o1. The lowest BCUT2D eigenvalue weighted by Crippen LogP contribution is -1.96. The highest BCUT2D eigenvalue weighted by Crippen LogP contribution is 2.21. The van der Waals surface area contributed by atoms with Crippen molar-refractivity contribution in [2.75, 3.05) is 0 Å². The van der Waals surface area contributed by atoms with Gasteiger partial charge in [-0.15, -0.1) is 0 Å². The van der Waals surface area contributed by atoms with Gasteiger partial charge in [0.05, 0.1) is 12.1 Å². The molecule has 0 spiro atoms. The zero-order valence-electron chi connectivity index (χ0n) is 8.86. The predicted molar refractivity (Wildman–Crippen MR) is 67.4 cm³/mol. The van der Waals surface area contributed by atoms with Crippen LogP contribution in [0.3, 0.4) is 0 Å². The molecule has 0 aliphatic rings. The molecule has 0 N–H and O–H groups in total. The van der Waals surface area contributed by atoms with Gasteiger partial charge in [0, 0.05) is 11.6 Å². The van der Waals surface area contributed by atoms with Crippen LogP contribution in [0, 0.1) is 5.82 Å². The van der Waals surface area contributed by atoms with E-state index in [0.717, 1.165) is 11.3 Å². The van der Waals surface area contributed by atoms with E-state index >= 15 is 0 Å². The highest BCUT2D eigenvalue weighted by Gasteiger charge is 2.07. The summed E-state index contributed by atoms with van der Waals surface area (Å²) in [6.45, 7) is 0.596. The zero-order valence-corrected chi connectivity index (χ0v) is 10.4. The number of halogens is 2. The summed E-state index contributed by atoms with van der Waals surface area (Å²) >= 11 is 3.26. The standard InChI is InChI=1S/C13H9BrFNO/c14-13-5-4-9(17-13)8-16-7-6-10-11(15)2-1-3-12(10)16/h1-7H,8H2. The van der Waals surface area contributed by atoms with Gasteiger partial charge in [-0.1, -0.05) is 6.07 Å². The van der Waals surface area contributed by atoms with E-state index in [0.29, 0.717) is 16.6 Å². The molecule has 0 amide bonds. The van der Waals surface area contributed by atoms with E-state index in [1.807, 2.05) is 29.0 Å². The predicted octanol–water partition coefficient (Wildman–Crippen LogP) is 4.18. The maximum absolute atomic E-state index is 13.5. The highest BCUT2D eigenvalue weighted by molar-refractivity contribution is 9.10. The number of fused-ring (bicyclic) bond motifs is 1. The van der Waals surface area contributed by atoms with Crippen molar-refractivity contribution in [1.82, 2.24) is 4.57 Å². The van der Waals surface area contributed by atoms with Crippen LogP contribution in [0.5, 0.6) is 0 Å². The molecule has 3 aromatic rings. The van der Waals surface area contributed by atoms with Crippen molar-refractivity contribution < 1.29 is 8.81 Å². The quantitative estimate of drug-likeness (QED) is 0.693. The largest absolute Gasteiger partial charge is 0.452 e. The first-order chi connectivity index (χ1) is 8.24. The topological polar surface area (TPSA) is 18.1 Å². The molecule has 2 aromatic heterocycles. The Morgan fingerprint density at radius 1 is 1.18 bits per heavy atom. The molecule has 0 aliphatic heterocycles. The smallest absolute Gasteiger partial charge is 0.169 e. The van der Waals surface area contributed by atoms with Gasteiger partial charge in [0.1, 0.15) is 11.6 Å². The maximum atomic E-state index is 13.5. The summed E-state index contributed by atoms with van der Waals surface area (Å²) < 4.78 is 21.6. The summed E-state index contributed by atoms with van der Waals surface area (Å²) in [5.41, 5.74) is 0.873. The second-order valence-electron chi connectivity index (χ2n) is 3.82. The average molecular weight is 294 g/mol. The molecule has 4 heteroatoms. The highest BCUT2D eigenvalue weighted by atomic mass is 79.9. The Morgan fingerprint density at radius 2 is 2.06 bits per heavy atom. The lowest BCUT2D eigenvalue weighted by molar-refractivity contribution is 0.477. The molecule has 3 rings (SSSR count). The third kappa shape index (κ3) is 1.89. The van der Waals surface area contributed by atoms with Gasteiger partial charge >= 0.3 is 0 Å². The number of furan rings is 1. The lowest BCUT2D eigenvalue weighted by atomic mass is 10.2.